The average molecular weight is 437 g/mol. The van der Waals surface area contributed by atoms with E-state index in [1.54, 1.807) is 7.05 Å². The maximum atomic E-state index is 12.0. The van der Waals surface area contributed by atoms with Crippen molar-refractivity contribution in [2.45, 2.75) is 32.1 Å². The van der Waals surface area contributed by atoms with Gasteiger partial charge in [-0.3, -0.25) is 14.4 Å². The monoisotopic (exact) mass is 436 g/mol. The van der Waals surface area contributed by atoms with Crippen molar-refractivity contribution in [3.05, 3.63) is 59.6 Å². The van der Waals surface area contributed by atoms with Crippen molar-refractivity contribution in [1.29, 1.82) is 0 Å². The smallest absolute Gasteiger partial charge is 0.271 e. The molecule has 3 amide bonds. The lowest BCUT2D eigenvalue weighted by Gasteiger charge is -2.15. The number of carbonyl (C=O) groups is 3. The SMILES string of the molecule is C=CC(=O)N(C)CC(=O)NCCc1cccc(Nc2nc(C3CC3)c(C)nc2C(N)=O)c1. The molecule has 9 nitrogen and oxygen atoms in total. The molecule has 1 aromatic carbocycles. The van der Waals surface area contributed by atoms with Crippen LogP contribution in [0.25, 0.3) is 0 Å². The Labute approximate surface area is 187 Å². The second-order valence-electron chi connectivity index (χ2n) is 7.85. The number of hydrogen-bond acceptors (Lipinski definition) is 6. The number of aryl methyl sites for hydroxylation is 1. The molecule has 0 saturated heterocycles. The van der Waals surface area contributed by atoms with E-state index in [0.717, 1.165) is 35.5 Å². The molecule has 0 spiro atoms. The molecular formula is C23H28N6O3. The molecule has 3 rings (SSSR count). The Hall–Kier alpha value is -3.75. The van der Waals surface area contributed by atoms with Crippen LogP contribution in [0.4, 0.5) is 11.5 Å². The molecule has 0 unspecified atom stereocenters. The van der Waals surface area contributed by atoms with Crippen LogP contribution in [0.2, 0.25) is 0 Å². The molecule has 1 aromatic heterocycles. The Balaban J connectivity index is 1.64. The first-order valence-corrected chi connectivity index (χ1v) is 10.5. The molecule has 1 aliphatic carbocycles. The average Bonchev–Trinajstić information content (AvgIpc) is 3.59. The van der Waals surface area contributed by atoms with E-state index in [1.807, 2.05) is 31.2 Å². The lowest BCUT2D eigenvalue weighted by molar-refractivity contribution is -0.131. The van der Waals surface area contributed by atoms with E-state index in [1.165, 1.54) is 11.0 Å². The maximum absolute atomic E-state index is 12.0. The third kappa shape index (κ3) is 5.90. The van der Waals surface area contributed by atoms with Crippen LogP contribution in [0.15, 0.2) is 36.9 Å². The van der Waals surface area contributed by atoms with Crippen LogP contribution in [0.1, 0.15) is 46.2 Å². The zero-order chi connectivity index (χ0) is 23.3. The van der Waals surface area contributed by atoms with Gasteiger partial charge in [-0.05, 0) is 50.0 Å². The molecule has 0 bridgehead atoms. The van der Waals surface area contributed by atoms with E-state index in [9.17, 15) is 14.4 Å². The van der Waals surface area contributed by atoms with Crippen molar-refractivity contribution in [1.82, 2.24) is 20.2 Å². The molecule has 1 aliphatic rings. The number of amides is 3. The summed E-state index contributed by atoms with van der Waals surface area (Å²) in [6.45, 7) is 5.63. The van der Waals surface area contributed by atoms with Gasteiger partial charge in [0.1, 0.15) is 0 Å². The first kappa shape index (κ1) is 22.9. The minimum Gasteiger partial charge on any atom is -0.364 e. The van der Waals surface area contributed by atoms with Crippen molar-refractivity contribution in [2.75, 3.05) is 25.5 Å². The summed E-state index contributed by atoms with van der Waals surface area (Å²) >= 11 is 0. The maximum Gasteiger partial charge on any atom is 0.271 e. The molecule has 9 heteroatoms. The zero-order valence-corrected chi connectivity index (χ0v) is 18.4. The van der Waals surface area contributed by atoms with Crippen LogP contribution in [-0.2, 0) is 16.0 Å². The summed E-state index contributed by atoms with van der Waals surface area (Å²) in [6.07, 6.45) is 3.91. The van der Waals surface area contributed by atoms with Crippen LogP contribution >= 0.6 is 0 Å². The van der Waals surface area contributed by atoms with Gasteiger partial charge in [-0.25, -0.2) is 9.97 Å². The van der Waals surface area contributed by atoms with E-state index in [0.29, 0.717) is 24.7 Å². The number of aromatic nitrogens is 2. The highest BCUT2D eigenvalue weighted by Gasteiger charge is 2.29. The molecule has 32 heavy (non-hydrogen) atoms. The van der Waals surface area contributed by atoms with Crippen LogP contribution < -0.4 is 16.4 Å². The van der Waals surface area contributed by atoms with Gasteiger partial charge in [-0.15, -0.1) is 0 Å². The largest absolute Gasteiger partial charge is 0.364 e. The summed E-state index contributed by atoms with van der Waals surface area (Å²) in [6, 6.07) is 7.60. The highest BCUT2D eigenvalue weighted by atomic mass is 16.2. The fourth-order valence-corrected chi connectivity index (χ4v) is 3.33. The molecule has 1 saturated carbocycles. The van der Waals surface area contributed by atoms with Crippen molar-refractivity contribution < 1.29 is 14.4 Å². The Morgan fingerprint density at radius 3 is 2.69 bits per heavy atom. The molecule has 0 atom stereocenters. The number of nitrogens with one attached hydrogen (secondary N) is 2. The number of nitrogens with two attached hydrogens (primary N) is 1. The molecule has 1 fully saturated rings. The first-order valence-electron chi connectivity index (χ1n) is 10.5. The number of anilines is 2. The van der Waals surface area contributed by atoms with Gasteiger partial charge in [0, 0.05) is 25.2 Å². The van der Waals surface area contributed by atoms with Crippen molar-refractivity contribution in [3.8, 4) is 0 Å². The van der Waals surface area contributed by atoms with E-state index in [-0.39, 0.29) is 24.1 Å². The molecule has 2 aromatic rings. The van der Waals surface area contributed by atoms with Gasteiger partial charge in [0.05, 0.1) is 17.9 Å². The number of carbonyl (C=O) groups excluding carboxylic acids is 3. The molecule has 0 radical (unpaired) electrons. The Morgan fingerprint density at radius 2 is 2.03 bits per heavy atom. The quantitative estimate of drug-likeness (QED) is 0.487. The highest BCUT2D eigenvalue weighted by Crippen LogP contribution is 2.40. The van der Waals surface area contributed by atoms with Gasteiger partial charge >= 0.3 is 0 Å². The first-order chi connectivity index (χ1) is 15.3. The van der Waals surface area contributed by atoms with Crippen molar-refractivity contribution in [2.24, 2.45) is 5.73 Å². The number of likely N-dealkylation sites (N-methyl/N-ethyl adjacent to an activating group) is 1. The minimum absolute atomic E-state index is 0.0300. The van der Waals surface area contributed by atoms with Gasteiger partial charge in [0.25, 0.3) is 5.91 Å². The third-order valence-corrected chi connectivity index (χ3v) is 5.16. The van der Waals surface area contributed by atoms with Crippen LogP contribution in [0.3, 0.4) is 0 Å². The number of benzene rings is 1. The molecule has 168 valence electrons. The lowest BCUT2D eigenvalue weighted by Crippen LogP contribution is -2.38. The molecule has 1 heterocycles. The normalized spacial score (nSPS) is 12.7. The Kier molecular flexibility index (Phi) is 7.19. The number of rotatable bonds is 10. The highest BCUT2D eigenvalue weighted by molar-refractivity contribution is 5.96. The van der Waals surface area contributed by atoms with E-state index >= 15 is 0 Å². The van der Waals surface area contributed by atoms with Crippen LogP contribution in [0.5, 0.6) is 0 Å². The molecular weight excluding hydrogens is 408 g/mol. The second-order valence-corrected chi connectivity index (χ2v) is 7.85. The van der Waals surface area contributed by atoms with Crippen LogP contribution in [0, 0.1) is 6.92 Å². The summed E-state index contributed by atoms with van der Waals surface area (Å²) in [7, 11) is 1.54. The van der Waals surface area contributed by atoms with Crippen molar-refractivity contribution in [3.63, 3.8) is 0 Å². The summed E-state index contributed by atoms with van der Waals surface area (Å²) < 4.78 is 0. The third-order valence-electron chi connectivity index (χ3n) is 5.16. The summed E-state index contributed by atoms with van der Waals surface area (Å²) in [5.41, 5.74) is 8.98. The predicted octanol–water partition coefficient (Wildman–Crippen LogP) is 1.81. The van der Waals surface area contributed by atoms with Gasteiger partial charge in [0.2, 0.25) is 11.8 Å². The topological polar surface area (TPSA) is 130 Å². The van der Waals surface area contributed by atoms with Gasteiger partial charge < -0.3 is 21.3 Å². The van der Waals surface area contributed by atoms with E-state index < -0.39 is 5.91 Å². The van der Waals surface area contributed by atoms with E-state index in [4.69, 9.17) is 5.73 Å². The van der Waals surface area contributed by atoms with Gasteiger partial charge in [-0.2, -0.15) is 0 Å². The summed E-state index contributed by atoms with van der Waals surface area (Å²) in [4.78, 5) is 45.6. The fourth-order valence-electron chi connectivity index (χ4n) is 3.33. The molecule has 4 N–H and O–H groups in total. The fraction of sp³-hybridized carbons (Fsp3) is 0.348. The predicted molar refractivity (Wildman–Crippen MR) is 122 cm³/mol. The Morgan fingerprint density at radius 1 is 1.28 bits per heavy atom. The van der Waals surface area contributed by atoms with Gasteiger partial charge in [0.15, 0.2) is 11.5 Å². The number of hydrogen-bond donors (Lipinski definition) is 3. The number of primary amides is 1. The summed E-state index contributed by atoms with van der Waals surface area (Å²) in [5.74, 6) is -0.445. The van der Waals surface area contributed by atoms with E-state index in [2.05, 4.69) is 27.2 Å². The minimum atomic E-state index is -0.635. The summed E-state index contributed by atoms with van der Waals surface area (Å²) in [5, 5.41) is 5.97. The number of nitrogens with zero attached hydrogens (tertiary/aromatic N) is 3. The Bertz CT molecular complexity index is 1050. The lowest BCUT2D eigenvalue weighted by atomic mass is 10.1. The van der Waals surface area contributed by atoms with Crippen LogP contribution in [-0.4, -0.2) is 52.7 Å². The second kappa shape index (κ2) is 10.0. The van der Waals surface area contributed by atoms with Gasteiger partial charge in [-0.1, -0.05) is 18.7 Å². The van der Waals surface area contributed by atoms with Crippen molar-refractivity contribution >= 4 is 29.2 Å². The zero-order valence-electron chi connectivity index (χ0n) is 18.4. The standard InChI is InChI=1S/C23H28N6O3/c1-4-19(31)29(3)13-18(30)25-11-10-15-6-5-7-17(12-15)27-23-21(22(24)32)26-14(2)20(28-23)16-8-9-16/h4-7,12,16H,1,8-11,13H2,2-3H3,(H2,24,32)(H,25,30)(H,27,28). The molecule has 0 aliphatic heterocycles.